The summed E-state index contributed by atoms with van der Waals surface area (Å²) in [7, 11) is 0. The number of rotatable bonds is 5. The van der Waals surface area contributed by atoms with Crippen molar-refractivity contribution in [3.8, 4) is 22.3 Å². The van der Waals surface area contributed by atoms with Crippen LogP contribution in [0.1, 0.15) is 0 Å². The highest BCUT2D eigenvalue weighted by atomic mass is 32.1. The lowest BCUT2D eigenvalue weighted by atomic mass is 10.00. The molecule has 248 valence electrons. The molecule has 0 N–H and O–H groups in total. The van der Waals surface area contributed by atoms with Gasteiger partial charge in [-0.1, -0.05) is 140 Å². The second kappa shape index (κ2) is 11.9. The summed E-state index contributed by atoms with van der Waals surface area (Å²) < 4.78 is 9.49. The summed E-state index contributed by atoms with van der Waals surface area (Å²) in [5.41, 5.74) is 9.65. The Morgan fingerprint density at radius 1 is 0.396 bits per heavy atom. The fourth-order valence-electron chi connectivity index (χ4n) is 8.09. The zero-order chi connectivity index (χ0) is 34.9. The summed E-state index contributed by atoms with van der Waals surface area (Å²) in [5, 5.41) is 9.75. The highest BCUT2D eigenvalue weighted by molar-refractivity contribution is 7.26. The Labute approximate surface area is 310 Å². The number of benzene rings is 9. The predicted molar refractivity (Wildman–Crippen MR) is 227 cm³/mol. The van der Waals surface area contributed by atoms with Gasteiger partial charge in [0, 0.05) is 42.3 Å². The SMILES string of the molecule is c1ccc(-c2ccc3c(c2)oc2c(N(c4ccc(-c5cccc6c5sc5ccccc56)cc4)c4ccc5ccc6ccccc6c5c4)cccc23)cc1. The molecule has 0 radical (unpaired) electrons. The van der Waals surface area contributed by atoms with Gasteiger partial charge in [0.2, 0.25) is 0 Å². The van der Waals surface area contributed by atoms with Crippen LogP contribution in [0.2, 0.25) is 0 Å². The third-order valence-electron chi connectivity index (χ3n) is 10.7. The number of hydrogen-bond donors (Lipinski definition) is 0. The molecule has 2 heterocycles. The van der Waals surface area contributed by atoms with Crippen molar-refractivity contribution < 1.29 is 4.42 Å². The van der Waals surface area contributed by atoms with E-state index in [1.807, 2.05) is 11.3 Å². The normalized spacial score (nSPS) is 11.8. The Balaban J connectivity index is 1.11. The van der Waals surface area contributed by atoms with E-state index in [0.717, 1.165) is 44.6 Å². The second-order valence-electron chi connectivity index (χ2n) is 13.7. The molecule has 0 saturated heterocycles. The van der Waals surface area contributed by atoms with Crippen LogP contribution in [-0.4, -0.2) is 0 Å². The van der Waals surface area contributed by atoms with Gasteiger partial charge < -0.3 is 9.32 Å². The zero-order valence-electron chi connectivity index (χ0n) is 28.7. The standard InChI is InChI=1S/C50H31NOS/c1-2-10-32(11-3-1)36-25-29-41-43-16-9-18-46(49(43)52-47(41)30-36)51(38-28-24-35-21-20-33-12-4-5-13-39(33)45(35)31-38)37-26-22-34(23-27-37)40-15-8-17-44-42-14-6-7-19-48(42)53-50(40)44/h1-31H. The first-order chi connectivity index (χ1) is 26.3. The van der Waals surface area contributed by atoms with Crippen molar-refractivity contribution in [2.75, 3.05) is 4.90 Å². The maximum atomic E-state index is 6.86. The van der Waals surface area contributed by atoms with Crippen LogP contribution in [0.25, 0.3) is 85.9 Å². The van der Waals surface area contributed by atoms with Crippen molar-refractivity contribution in [1.29, 1.82) is 0 Å². The Kier molecular flexibility index (Phi) is 6.76. The van der Waals surface area contributed by atoms with Gasteiger partial charge in [0.25, 0.3) is 0 Å². The highest BCUT2D eigenvalue weighted by Crippen LogP contribution is 2.45. The first-order valence-corrected chi connectivity index (χ1v) is 18.8. The Hall–Kier alpha value is -6.68. The molecular weight excluding hydrogens is 663 g/mol. The van der Waals surface area contributed by atoms with Crippen molar-refractivity contribution in [2.45, 2.75) is 0 Å². The molecule has 0 aliphatic heterocycles. The van der Waals surface area contributed by atoms with E-state index in [4.69, 9.17) is 4.42 Å². The molecule has 0 unspecified atom stereocenters. The summed E-state index contributed by atoms with van der Waals surface area (Å²) >= 11 is 1.87. The van der Waals surface area contributed by atoms with E-state index in [1.165, 1.54) is 58.4 Å². The van der Waals surface area contributed by atoms with E-state index < -0.39 is 0 Å². The molecule has 0 atom stereocenters. The van der Waals surface area contributed by atoms with Crippen LogP contribution in [0.15, 0.2) is 192 Å². The third-order valence-corrected chi connectivity index (χ3v) is 11.9. The molecule has 2 aromatic heterocycles. The number of thiophene rings is 1. The summed E-state index contributed by atoms with van der Waals surface area (Å²) in [4.78, 5) is 2.35. The van der Waals surface area contributed by atoms with Crippen LogP contribution in [0, 0.1) is 0 Å². The van der Waals surface area contributed by atoms with Gasteiger partial charge >= 0.3 is 0 Å². The maximum Gasteiger partial charge on any atom is 0.159 e. The first-order valence-electron chi connectivity index (χ1n) is 18.0. The molecule has 11 aromatic rings. The summed E-state index contributed by atoms with van der Waals surface area (Å²) in [6, 6.07) is 67.9. The lowest BCUT2D eigenvalue weighted by molar-refractivity contribution is 0.669. The van der Waals surface area contributed by atoms with Crippen LogP contribution in [-0.2, 0) is 0 Å². The average Bonchev–Trinajstić information content (AvgIpc) is 3.80. The smallest absolute Gasteiger partial charge is 0.159 e. The quantitative estimate of drug-likeness (QED) is 0.167. The van der Waals surface area contributed by atoms with Gasteiger partial charge in [-0.2, -0.15) is 0 Å². The Morgan fingerprint density at radius 3 is 1.96 bits per heavy atom. The van der Waals surface area contributed by atoms with Gasteiger partial charge in [-0.25, -0.2) is 0 Å². The van der Waals surface area contributed by atoms with Crippen molar-refractivity contribution in [3.63, 3.8) is 0 Å². The number of nitrogens with zero attached hydrogens (tertiary/aromatic N) is 1. The van der Waals surface area contributed by atoms with Crippen LogP contribution in [0.3, 0.4) is 0 Å². The molecule has 0 amide bonds. The van der Waals surface area contributed by atoms with Gasteiger partial charge in [-0.15, -0.1) is 11.3 Å². The molecule has 2 nitrogen and oxygen atoms in total. The number of hydrogen-bond acceptors (Lipinski definition) is 3. The molecule has 0 fully saturated rings. The highest BCUT2D eigenvalue weighted by Gasteiger charge is 2.21. The number of para-hydroxylation sites is 1. The van der Waals surface area contributed by atoms with Gasteiger partial charge in [-0.3, -0.25) is 0 Å². The topological polar surface area (TPSA) is 16.4 Å². The lowest BCUT2D eigenvalue weighted by Crippen LogP contribution is -2.10. The van der Waals surface area contributed by atoms with Gasteiger partial charge in [0.05, 0.1) is 5.69 Å². The third kappa shape index (κ3) is 4.86. The number of fused-ring (bicyclic) bond motifs is 9. The lowest BCUT2D eigenvalue weighted by Gasteiger charge is -2.26. The van der Waals surface area contributed by atoms with E-state index in [-0.39, 0.29) is 0 Å². The van der Waals surface area contributed by atoms with Crippen LogP contribution in [0.4, 0.5) is 17.1 Å². The van der Waals surface area contributed by atoms with E-state index >= 15 is 0 Å². The van der Waals surface area contributed by atoms with Crippen molar-refractivity contribution in [3.05, 3.63) is 188 Å². The summed E-state index contributed by atoms with van der Waals surface area (Å²) in [6.45, 7) is 0. The van der Waals surface area contributed by atoms with Gasteiger partial charge in [-0.05, 0) is 92.3 Å². The minimum Gasteiger partial charge on any atom is -0.454 e. The molecule has 0 aliphatic rings. The summed E-state index contributed by atoms with van der Waals surface area (Å²) in [5.74, 6) is 0. The monoisotopic (exact) mass is 693 g/mol. The number of anilines is 3. The molecule has 0 aliphatic carbocycles. The largest absolute Gasteiger partial charge is 0.454 e. The van der Waals surface area contributed by atoms with Gasteiger partial charge in [0.15, 0.2) is 5.58 Å². The van der Waals surface area contributed by atoms with Crippen molar-refractivity contribution >= 4 is 92.1 Å². The number of furan rings is 1. The van der Waals surface area contributed by atoms with Crippen molar-refractivity contribution in [2.24, 2.45) is 0 Å². The Morgan fingerprint density at radius 2 is 1.08 bits per heavy atom. The molecule has 0 saturated carbocycles. The molecule has 53 heavy (non-hydrogen) atoms. The predicted octanol–water partition coefficient (Wildman–Crippen LogP) is 15.1. The second-order valence-corrected chi connectivity index (χ2v) is 14.7. The molecule has 9 aromatic carbocycles. The fraction of sp³-hybridized carbons (Fsp3) is 0. The molecule has 0 bridgehead atoms. The van der Waals surface area contributed by atoms with Crippen LogP contribution >= 0.6 is 11.3 Å². The Bertz CT molecular complexity index is 3170. The van der Waals surface area contributed by atoms with Crippen LogP contribution < -0.4 is 4.90 Å². The van der Waals surface area contributed by atoms with E-state index in [9.17, 15) is 0 Å². The fourth-order valence-corrected chi connectivity index (χ4v) is 9.33. The van der Waals surface area contributed by atoms with Crippen molar-refractivity contribution in [1.82, 2.24) is 0 Å². The van der Waals surface area contributed by atoms with Gasteiger partial charge in [0.1, 0.15) is 5.58 Å². The van der Waals surface area contributed by atoms with E-state index in [0.29, 0.717) is 0 Å². The molecule has 0 spiro atoms. The molecular formula is C50H31NOS. The zero-order valence-corrected chi connectivity index (χ0v) is 29.5. The molecule has 11 rings (SSSR count). The van der Waals surface area contributed by atoms with E-state index in [1.54, 1.807) is 0 Å². The van der Waals surface area contributed by atoms with Crippen LogP contribution in [0.5, 0.6) is 0 Å². The minimum atomic E-state index is 0.866. The first kappa shape index (κ1) is 30.0. The maximum absolute atomic E-state index is 6.86. The van der Waals surface area contributed by atoms with E-state index in [2.05, 4.69) is 193 Å². The molecule has 3 heteroatoms. The summed E-state index contributed by atoms with van der Waals surface area (Å²) in [6.07, 6.45) is 0. The average molecular weight is 694 g/mol. The minimum absolute atomic E-state index is 0.866.